The van der Waals surface area contributed by atoms with Crippen LogP contribution >= 0.6 is 11.3 Å². The number of amides is 1. The van der Waals surface area contributed by atoms with Crippen molar-refractivity contribution in [2.24, 2.45) is 0 Å². The van der Waals surface area contributed by atoms with Crippen LogP contribution in [-0.4, -0.2) is 36.1 Å². The van der Waals surface area contributed by atoms with Gasteiger partial charge in [-0.05, 0) is 56.4 Å². The summed E-state index contributed by atoms with van der Waals surface area (Å²) in [5, 5.41) is 4.06. The first-order chi connectivity index (χ1) is 14.1. The van der Waals surface area contributed by atoms with Crippen LogP contribution in [0.25, 0.3) is 10.2 Å². The standard InChI is InChI=1S/C22H26N4O2S/c1-14-18-20(26-11-5-4-6-12-26)24-15(2)25-22(18)29-19(14)21(27)23-13-16-7-9-17(28-3)10-8-16/h7-10H,4-6,11-13H2,1-3H3,(H,23,27). The van der Waals surface area contributed by atoms with Crippen LogP contribution in [0.2, 0.25) is 0 Å². The average Bonchev–Trinajstić information content (AvgIpc) is 3.08. The molecule has 0 bridgehead atoms. The number of methoxy groups -OCH3 is 1. The molecule has 1 fully saturated rings. The molecule has 0 saturated carbocycles. The predicted octanol–water partition coefficient (Wildman–Crippen LogP) is 4.24. The summed E-state index contributed by atoms with van der Waals surface area (Å²) in [5.74, 6) is 2.47. The number of rotatable bonds is 5. The van der Waals surface area contributed by atoms with Gasteiger partial charge in [-0.15, -0.1) is 11.3 Å². The van der Waals surface area contributed by atoms with Gasteiger partial charge < -0.3 is 15.0 Å². The fraction of sp³-hybridized carbons (Fsp3) is 0.409. The van der Waals surface area contributed by atoms with E-state index in [1.54, 1.807) is 7.11 Å². The van der Waals surface area contributed by atoms with Gasteiger partial charge in [-0.1, -0.05) is 12.1 Å². The molecule has 29 heavy (non-hydrogen) atoms. The maximum absolute atomic E-state index is 12.9. The number of nitrogens with one attached hydrogen (secondary N) is 1. The molecular weight excluding hydrogens is 384 g/mol. The number of benzene rings is 1. The third-order valence-electron chi connectivity index (χ3n) is 5.36. The van der Waals surface area contributed by atoms with Crippen LogP contribution in [0.3, 0.4) is 0 Å². The second-order valence-electron chi connectivity index (χ2n) is 7.41. The summed E-state index contributed by atoms with van der Waals surface area (Å²) in [6.07, 6.45) is 3.64. The van der Waals surface area contributed by atoms with Gasteiger partial charge in [0.1, 0.15) is 22.2 Å². The van der Waals surface area contributed by atoms with Crippen LogP contribution < -0.4 is 15.0 Å². The Bertz CT molecular complexity index is 1020. The van der Waals surface area contributed by atoms with Gasteiger partial charge in [-0.25, -0.2) is 9.97 Å². The fourth-order valence-corrected chi connectivity index (χ4v) is 4.92. The van der Waals surface area contributed by atoms with Crippen LogP contribution in [-0.2, 0) is 6.54 Å². The molecule has 1 aromatic carbocycles. The van der Waals surface area contributed by atoms with E-state index in [9.17, 15) is 4.79 Å². The molecule has 0 spiro atoms. The first-order valence-corrected chi connectivity index (χ1v) is 10.8. The number of carbonyl (C=O) groups is 1. The van der Waals surface area contributed by atoms with Gasteiger partial charge in [0, 0.05) is 19.6 Å². The van der Waals surface area contributed by atoms with Gasteiger partial charge in [0.2, 0.25) is 0 Å². The van der Waals surface area contributed by atoms with E-state index < -0.39 is 0 Å². The number of carbonyl (C=O) groups excluding carboxylic acids is 1. The van der Waals surface area contributed by atoms with Crippen molar-refractivity contribution in [1.82, 2.24) is 15.3 Å². The second-order valence-corrected chi connectivity index (χ2v) is 8.41. The molecule has 1 aliphatic rings. The van der Waals surface area contributed by atoms with Crippen molar-refractivity contribution in [2.45, 2.75) is 39.7 Å². The zero-order valence-corrected chi connectivity index (χ0v) is 17.9. The Hall–Kier alpha value is -2.67. The predicted molar refractivity (Wildman–Crippen MR) is 117 cm³/mol. The lowest BCUT2D eigenvalue weighted by Gasteiger charge is -2.28. The lowest BCUT2D eigenvalue weighted by atomic mass is 10.1. The van der Waals surface area contributed by atoms with Crippen molar-refractivity contribution in [3.05, 3.63) is 46.1 Å². The number of hydrogen-bond acceptors (Lipinski definition) is 6. The molecule has 1 amide bonds. The van der Waals surface area contributed by atoms with E-state index in [-0.39, 0.29) is 5.91 Å². The van der Waals surface area contributed by atoms with Crippen molar-refractivity contribution in [2.75, 3.05) is 25.1 Å². The summed E-state index contributed by atoms with van der Waals surface area (Å²) in [4.78, 5) is 26.2. The molecule has 7 heteroatoms. The second kappa shape index (κ2) is 8.37. The Morgan fingerprint density at radius 2 is 1.86 bits per heavy atom. The van der Waals surface area contributed by atoms with Crippen molar-refractivity contribution >= 4 is 33.3 Å². The minimum atomic E-state index is -0.0661. The molecular formula is C22H26N4O2S. The van der Waals surface area contributed by atoms with E-state index in [2.05, 4.69) is 15.2 Å². The van der Waals surface area contributed by atoms with Crippen LogP contribution in [0.4, 0.5) is 5.82 Å². The van der Waals surface area contributed by atoms with Crippen molar-refractivity contribution in [3.63, 3.8) is 0 Å². The minimum Gasteiger partial charge on any atom is -0.497 e. The van der Waals surface area contributed by atoms with E-state index >= 15 is 0 Å². The number of aromatic nitrogens is 2. The number of piperidine rings is 1. The molecule has 3 aromatic rings. The molecule has 0 aliphatic carbocycles. The van der Waals surface area contributed by atoms with Gasteiger partial charge in [0.15, 0.2) is 0 Å². The zero-order chi connectivity index (χ0) is 20.4. The minimum absolute atomic E-state index is 0.0661. The molecule has 1 N–H and O–H groups in total. The summed E-state index contributed by atoms with van der Waals surface area (Å²) in [7, 11) is 1.64. The number of anilines is 1. The van der Waals surface area contributed by atoms with Crippen LogP contribution in [0.15, 0.2) is 24.3 Å². The highest BCUT2D eigenvalue weighted by molar-refractivity contribution is 7.20. The smallest absolute Gasteiger partial charge is 0.261 e. The highest BCUT2D eigenvalue weighted by Crippen LogP contribution is 2.36. The van der Waals surface area contributed by atoms with Gasteiger partial charge >= 0.3 is 0 Å². The quantitative estimate of drug-likeness (QED) is 0.682. The Morgan fingerprint density at radius 1 is 1.14 bits per heavy atom. The molecule has 2 aromatic heterocycles. The average molecular weight is 411 g/mol. The number of nitrogens with zero attached hydrogens (tertiary/aromatic N) is 3. The topological polar surface area (TPSA) is 67.3 Å². The highest BCUT2D eigenvalue weighted by atomic mass is 32.1. The number of hydrogen-bond donors (Lipinski definition) is 1. The van der Waals surface area contributed by atoms with Gasteiger partial charge in [0.05, 0.1) is 17.4 Å². The molecule has 1 saturated heterocycles. The van der Waals surface area contributed by atoms with E-state index in [0.29, 0.717) is 11.4 Å². The first-order valence-electron chi connectivity index (χ1n) is 10.0. The van der Waals surface area contributed by atoms with Gasteiger partial charge in [-0.3, -0.25) is 4.79 Å². The molecule has 3 heterocycles. The maximum Gasteiger partial charge on any atom is 0.261 e. The summed E-state index contributed by atoms with van der Waals surface area (Å²) < 4.78 is 5.18. The Kier molecular flexibility index (Phi) is 5.67. The maximum atomic E-state index is 12.9. The van der Waals surface area contributed by atoms with E-state index in [4.69, 9.17) is 9.72 Å². The Labute approximate surface area is 174 Å². The zero-order valence-electron chi connectivity index (χ0n) is 17.1. The Balaban J connectivity index is 1.59. The molecule has 0 atom stereocenters. The lowest BCUT2D eigenvalue weighted by Crippen LogP contribution is -2.30. The van der Waals surface area contributed by atoms with E-state index in [1.165, 1.54) is 30.6 Å². The van der Waals surface area contributed by atoms with E-state index in [0.717, 1.165) is 51.8 Å². The summed E-state index contributed by atoms with van der Waals surface area (Å²) in [6, 6.07) is 7.71. The Morgan fingerprint density at radius 3 is 2.55 bits per heavy atom. The van der Waals surface area contributed by atoms with Crippen LogP contribution in [0, 0.1) is 13.8 Å². The van der Waals surface area contributed by atoms with Crippen LogP contribution in [0.1, 0.15) is 45.9 Å². The highest BCUT2D eigenvalue weighted by Gasteiger charge is 2.23. The number of aryl methyl sites for hydroxylation is 2. The fourth-order valence-electron chi connectivity index (χ4n) is 3.78. The van der Waals surface area contributed by atoms with Crippen molar-refractivity contribution < 1.29 is 9.53 Å². The summed E-state index contributed by atoms with van der Waals surface area (Å²) in [6.45, 7) is 6.43. The molecule has 1 aliphatic heterocycles. The SMILES string of the molecule is COc1ccc(CNC(=O)c2sc3nc(C)nc(N4CCCCC4)c3c2C)cc1. The normalized spacial score (nSPS) is 14.2. The number of ether oxygens (including phenoxy) is 1. The first kappa shape index (κ1) is 19.6. The summed E-state index contributed by atoms with van der Waals surface area (Å²) in [5.41, 5.74) is 2.00. The van der Waals surface area contributed by atoms with Crippen molar-refractivity contribution in [1.29, 1.82) is 0 Å². The number of thiophene rings is 1. The molecule has 6 nitrogen and oxygen atoms in total. The van der Waals surface area contributed by atoms with Crippen molar-refractivity contribution in [3.8, 4) is 5.75 Å². The van der Waals surface area contributed by atoms with Gasteiger partial charge in [-0.2, -0.15) is 0 Å². The largest absolute Gasteiger partial charge is 0.497 e. The van der Waals surface area contributed by atoms with E-state index in [1.807, 2.05) is 38.1 Å². The molecule has 0 radical (unpaired) electrons. The third-order valence-corrected chi connectivity index (χ3v) is 6.54. The summed E-state index contributed by atoms with van der Waals surface area (Å²) >= 11 is 1.46. The molecule has 0 unspecified atom stereocenters. The third kappa shape index (κ3) is 4.05. The van der Waals surface area contributed by atoms with Gasteiger partial charge in [0.25, 0.3) is 5.91 Å². The monoisotopic (exact) mass is 410 g/mol. The lowest BCUT2D eigenvalue weighted by molar-refractivity contribution is 0.0954. The van der Waals surface area contributed by atoms with Crippen LogP contribution in [0.5, 0.6) is 5.75 Å². The number of fused-ring (bicyclic) bond motifs is 1. The molecule has 4 rings (SSSR count). The molecule has 152 valence electrons.